The van der Waals surface area contributed by atoms with E-state index in [-0.39, 0.29) is 23.1 Å². The monoisotopic (exact) mass is 422 g/mol. The van der Waals surface area contributed by atoms with Crippen LogP contribution in [-0.4, -0.2) is 38.1 Å². The van der Waals surface area contributed by atoms with Gasteiger partial charge in [0.15, 0.2) is 0 Å². The van der Waals surface area contributed by atoms with Gasteiger partial charge < -0.3 is 10.6 Å². The molecule has 4 aliphatic rings. The van der Waals surface area contributed by atoms with E-state index < -0.39 is 6.04 Å². The van der Waals surface area contributed by atoms with E-state index in [9.17, 15) is 9.59 Å². The second kappa shape index (κ2) is 7.73. The maximum absolute atomic E-state index is 13.5. The molecule has 2 amide bonds. The van der Waals surface area contributed by atoms with Crippen LogP contribution in [0.25, 0.3) is 5.69 Å². The summed E-state index contributed by atoms with van der Waals surface area (Å²) >= 11 is 0. The van der Waals surface area contributed by atoms with E-state index in [1.165, 1.54) is 30.3 Å². The number of nitrogens with zero attached hydrogens (tertiary/aromatic N) is 4. The second-order valence-corrected chi connectivity index (χ2v) is 10.2. The number of hydrogen-bond donors (Lipinski definition) is 2. The van der Waals surface area contributed by atoms with Crippen molar-refractivity contribution in [3.8, 4) is 5.69 Å². The van der Waals surface area contributed by atoms with E-state index in [4.69, 9.17) is 0 Å². The summed E-state index contributed by atoms with van der Waals surface area (Å²) in [7, 11) is 0. The van der Waals surface area contributed by atoms with E-state index in [1.54, 1.807) is 0 Å². The molecule has 4 fully saturated rings. The molecule has 4 saturated carbocycles. The van der Waals surface area contributed by atoms with Crippen LogP contribution in [0.5, 0.6) is 0 Å². The molecule has 0 radical (unpaired) electrons. The Bertz CT molecular complexity index is 935. The van der Waals surface area contributed by atoms with Gasteiger partial charge in [0, 0.05) is 11.1 Å². The molecule has 8 nitrogen and oxygen atoms in total. The highest BCUT2D eigenvalue weighted by atomic mass is 16.2. The first-order valence-corrected chi connectivity index (χ1v) is 11.4. The smallest absolute Gasteiger partial charge is 0.247 e. The fraction of sp³-hybridized carbons (Fsp3) is 0.609. The molecule has 164 valence electrons. The molecular weight excluding hydrogens is 392 g/mol. The zero-order valence-corrected chi connectivity index (χ0v) is 18.1. The van der Waals surface area contributed by atoms with Crippen molar-refractivity contribution in [2.24, 2.45) is 29.1 Å². The number of tetrazole rings is 1. The van der Waals surface area contributed by atoms with Gasteiger partial charge in [0.2, 0.25) is 11.8 Å². The molecular formula is C23H30N6O2. The van der Waals surface area contributed by atoms with Crippen molar-refractivity contribution in [1.82, 2.24) is 25.5 Å². The molecule has 8 heteroatoms. The minimum atomic E-state index is -0.572. The highest BCUT2D eigenvalue weighted by Crippen LogP contribution is 2.60. The van der Waals surface area contributed by atoms with E-state index >= 15 is 0 Å². The Morgan fingerprint density at radius 1 is 1.10 bits per heavy atom. The van der Waals surface area contributed by atoms with Crippen molar-refractivity contribution in [1.29, 1.82) is 0 Å². The van der Waals surface area contributed by atoms with Gasteiger partial charge >= 0.3 is 0 Å². The molecule has 1 unspecified atom stereocenters. The average molecular weight is 423 g/mol. The number of benzene rings is 1. The van der Waals surface area contributed by atoms with Gasteiger partial charge in [-0.15, -0.1) is 5.10 Å². The first-order valence-electron chi connectivity index (χ1n) is 11.4. The third kappa shape index (κ3) is 3.83. The molecule has 0 spiro atoms. The maximum Gasteiger partial charge on any atom is 0.247 e. The molecule has 1 atom stereocenters. The summed E-state index contributed by atoms with van der Waals surface area (Å²) in [5, 5.41) is 17.3. The standard InChI is InChI=1S/C23H30N6O2/c1-14(2)20(21(30)25-18-4-3-5-19(9-18)29-13-24-27-28-29)26-22(31)23-10-15-6-16(11-23)8-17(7-15)12-23/h3-5,9,13-17,20H,6-8,10-12H2,1-2H3,(H,25,30)(H,26,31). The van der Waals surface area contributed by atoms with Crippen LogP contribution in [0.2, 0.25) is 0 Å². The van der Waals surface area contributed by atoms with Gasteiger partial charge in [-0.2, -0.15) is 0 Å². The van der Waals surface area contributed by atoms with Gasteiger partial charge in [0.25, 0.3) is 0 Å². The lowest BCUT2D eigenvalue weighted by Gasteiger charge is -2.55. The van der Waals surface area contributed by atoms with Gasteiger partial charge in [-0.25, -0.2) is 4.68 Å². The van der Waals surface area contributed by atoms with Gasteiger partial charge in [-0.05, 0) is 90.8 Å². The van der Waals surface area contributed by atoms with Crippen LogP contribution in [0.1, 0.15) is 52.4 Å². The Balaban J connectivity index is 1.29. The number of aromatic nitrogens is 4. The number of hydrogen-bond acceptors (Lipinski definition) is 5. The number of amides is 2. The summed E-state index contributed by atoms with van der Waals surface area (Å²) in [5.41, 5.74) is 1.14. The Morgan fingerprint density at radius 3 is 2.35 bits per heavy atom. The van der Waals surface area contributed by atoms with Crippen molar-refractivity contribution in [2.45, 2.75) is 58.4 Å². The fourth-order valence-electron chi connectivity index (χ4n) is 6.44. The summed E-state index contributed by atoms with van der Waals surface area (Å²) in [6.45, 7) is 3.95. The largest absolute Gasteiger partial charge is 0.344 e. The lowest BCUT2D eigenvalue weighted by atomic mass is 9.49. The van der Waals surface area contributed by atoms with Gasteiger partial charge in [0.05, 0.1) is 5.69 Å². The summed E-state index contributed by atoms with van der Waals surface area (Å²) in [4.78, 5) is 26.6. The summed E-state index contributed by atoms with van der Waals surface area (Å²) in [6, 6.07) is 6.76. The average Bonchev–Trinajstić information content (AvgIpc) is 3.25. The Morgan fingerprint density at radius 2 is 1.77 bits per heavy atom. The quantitative estimate of drug-likeness (QED) is 0.745. The zero-order chi connectivity index (χ0) is 21.6. The molecule has 1 heterocycles. The first kappa shape index (κ1) is 20.2. The van der Waals surface area contributed by atoms with Gasteiger partial charge in [0.1, 0.15) is 12.4 Å². The van der Waals surface area contributed by atoms with Crippen molar-refractivity contribution in [2.75, 3.05) is 5.32 Å². The number of rotatable bonds is 6. The minimum Gasteiger partial charge on any atom is -0.344 e. The lowest BCUT2D eigenvalue weighted by molar-refractivity contribution is -0.148. The summed E-state index contributed by atoms with van der Waals surface area (Å²) in [5.74, 6) is 1.96. The molecule has 4 bridgehead atoms. The van der Waals surface area contributed by atoms with Crippen LogP contribution in [0, 0.1) is 29.1 Å². The van der Waals surface area contributed by atoms with Crippen LogP contribution in [0.4, 0.5) is 5.69 Å². The third-order valence-electron chi connectivity index (χ3n) is 7.48. The Kier molecular flexibility index (Phi) is 5.02. The van der Waals surface area contributed by atoms with Crippen LogP contribution < -0.4 is 10.6 Å². The van der Waals surface area contributed by atoms with Crippen LogP contribution in [-0.2, 0) is 9.59 Å². The molecule has 2 N–H and O–H groups in total. The molecule has 0 saturated heterocycles. The minimum absolute atomic E-state index is 0.0134. The number of carbonyl (C=O) groups is 2. The highest BCUT2D eigenvalue weighted by molar-refractivity contribution is 5.98. The number of carbonyl (C=O) groups excluding carboxylic acids is 2. The van der Waals surface area contributed by atoms with E-state index in [0.29, 0.717) is 23.4 Å². The van der Waals surface area contributed by atoms with Gasteiger partial charge in [-0.1, -0.05) is 19.9 Å². The molecule has 6 rings (SSSR count). The molecule has 2 aromatic rings. The second-order valence-electron chi connectivity index (χ2n) is 10.2. The predicted octanol–water partition coefficient (Wildman–Crippen LogP) is 2.96. The molecule has 4 aliphatic carbocycles. The zero-order valence-electron chi connectivity index (χ0n) is 18.1. The molecule has 0 aliphatic heterocycles. The van der Waals surface area contributed by atoms with Crippen molar-refractivity contribution >= 4 is 17.5 Å². The van der Waals surface area contributed by atoms with Crippen molar-refractivity contribution in [3.05, 3.63) is 30.6 Å². The Hall–Kier alpha value is -2.77. The molecule has 31 heavy (non-hydrogen) atoms. The maximum atomic E-state index is 13.5. The summed E-state index contributed by atoms with van der Waals surface area (Å²) in [6.07, 6.45) is 8.35. The Labute approximate surface area is 182 Å². The molecule has 1 aromatic heterocycles. The fourth-order valence-corrected chi connectivity index (χ4v) is 6.44. The normalized spacial score (nSPS) is 29.7. The number of anilines is 1. The van der Waals surface area contributed by atoms with E-state index in [2.05, 4.69) is 26.2 Å². The number of nitrogens with one attached hydrogen (secondary N) is 2. The van der Waals surface area contributed by atoms with Crippen molar-refractivity contribution in [3.63, 3.8) is 0 Å². The van der Waals surface area contributed by atoms with E-state index in [1.807, 2.05) is 38.1 Å². The topological polar surface area (TPSA) is 102 Å². The predicted molar refractivity (Wildman–Crippen MR) is 115 cm³/mol. The first-order chi connectivity index (χ1) is 14.9. The van der Waals surface area contributed by atoms with Crippen molar-refractivity contribution < 1.29 is 9.59 Å². The van der Waals surface area contributed by atoms with Crippen LogP contribution in [0.15, 0.2) is 30.6 Å². The highest BCUT2D eigenvalue weighted by Gasteiger charge is 2.55. The van der Waals surface area contributed by atoms with Crippen LogP contribution >= 0.6 is 0 Å². The summed E-state index contributed by atoms with van der Waals surface area (Å²) < 4.78 is 1.53. The third-order valence-corrected chi connectivity index (χ3v) is 7.48. The molecule has 1 aromatic carbocycles. The SMILES string of the molecule is CC(C)C(NC(=O)C12CC3CC(CC(C3)C1)C2)C(=O)Nc1cccc(-n2cnnn2)c1. The van der Waals surface area contributed by atoms with Gasteiger partial charge in [-0.3, -0.25) is 9.59 Å². The van der Waals surface area contributed by atoms with E-state index in [0.717, 1.165) is 24.9 Å². The lowest BCUT2D eigenvalue weighted by Crippen LogP contribution is -2.57. The van der Waals surface area contributed by atoms with Crippen LogP contribution in [0.3, 0.4) is 0 Å².